The Bertz CT molecular complexity index is 2090. The molecule has 7 amide bonds. The monoisotopic (exact) mass is 1070 g/mol. The van der Waals surface area contributed by atoms with Crippen molar-refractivity contribution < 1.29 is 57.1 Å². The van der Waals surface area contributed by atoms with Gasteiger partial charge in [-0.15, -0.1) is 0 Å². The minimum atomic E-state index is -1.75. The number of halogens is 1. The number of likely N-dealkylation sites (N-methyl/N-ethyl adjacent to an activating group) is 1. The second kappa shape index (κ2) is 27.9. The summed E-state index contributed by atoms with van der Waals surface area (Å²) >= 11 is 3.48. The molecule has 2 fully saturated rings. The van der Waals surface area contributed by atoms with Gasteiger partial charge in [-0.25, -0.2) is 4.79 Å². The van der Waals surface area contributed by atoms with Crippen LogP contribution in [0.3, 0.4) is 0 Å². The number of aliphatic hydroxyl groups excluding tert-OH is 1. The first-order chi connectivity index (χ1) is 32.9. The molecule has 1 aromatic carbocycles. The van der Waals surface area contributed by atoms with Crippen molar-refractivity contribution in [1.82, 2.24) is 36.4 Å². The Hall–Kier alpha value is -5.36. The second-order valence-corrected chi connectivity index (χ2v) is 20.5. The molecule has 1 aromatic rings. The van der Waals surface area contributed by atoms with E-state index < -0.39 is 125 Å². The van der Waals surface area contributed by atoms with Crippen LogP contribution in [0.4, 0.5) is 0 Å². The zero-order chi connectivity index (χ0) is 52.6. The Labute approximate surface area is 420 Å². The maximum atomic E-state index is 15.0. The van der Waals surface area contributed by atoms with E-state index in [-0.39, 0.29) is 63.2 Å². The van der Waals surface area contributed by atoms with Gasteiger partial charge in [-0.1, -0.05) is 47.1 Å². The van der Waals surface area contributed by atoms with Crippen molar-refractivity contribution in [2.24, 2.45) is 28.3 Å². The minimum Gasteiger partial charge on any atom is -0.496 e. The van der Waals surface area contributed by atoms with Crippen LogP contribution in [0, 0.1) is 11.8 Å². The van der Waals surface area contributed by atoms with Gasteiger partial charge in [-0.3, -0.25) is 42.8 Å². The molecular weight excluding hydrogens is 997 g/mol. The molecule has 22 nitrogen and oxygen atoms in total. The summed E-state index contributed by atoms with van der Waals surface area (Å²) in [5.41, 5.74) is 11.6. The van der Waals surface area contributed by atoms with Gasteiger partial charge in [-0.2, -0.15) is 0 Å². The Morgan fingerprint density at radius 3 is 2.30 bits per heavy atom. The SMILES string of the molecule is CCCC(=O)N[C@@H](CC[S@@](C)=O)C(=O)N[C@H]1C(=O)N[C@@H](CCCN=C(N)N)C(=O)N[C@H]2CC[C@@H](O)N(C2=O)[C@H]([C@@H](C)CC)C(=O)N(C)[C@@H](Cc2ccc(OC)c(Br)c2)C(=O)N[C@@H](C(C)C)C(=O)O[C@@H]1C. The molecule has 70 heavy (non-hydrogen) atoms. The van der Waals surface area contributed by atoms with Crippen LogP contribution < -0.4 is 42.8 Å². The molecular formula is C46H73BrN10O12S. The Morgan fingerprint density at radius 1 is 1.03 bits per heavy atom. The fourth-order valence-corrected chi connectivity index (χ4v) is 9.28. The van der Waals surface area contributed by atoms with Crippen LogP contribution in [0.25, 0.3) is 0 Å². The summed E-state index contributed by atoms with van der Waals surface area (Å²) in [5, 5.41) is 24.8. The summed E-state index contributed by atoms with van der Waals surface area (Å²) < 4.78 is 24.0. The Kier molecular flexibility index (Phi) is 23.5. The lowest BCUT2D eigenvalue weighted by Crippen LogP contribution is -2.66. The molecule has 0 aliphatic carbocycles. The highest BCUT2D eigenvalue weighted by Gasteiger charge is 2.47. The first-order valence-corrected chi connectivity index (χ1v) is 26.1. The molecule has 2 aliphatic rings. The highest BCUT2D eigenvalue weighted by atomic mass is 79.9. The number of hydrogen-bond acceptors (Lipinski definition) is 13. The number of carbonyl (C=O) groups is 8. The van der Waals surface area contributed by atoms with Crippen molar-refractivity contribution in [2.75, 3.05) is 32.7 Å². The zero-order valence-electron chi connectivity index (χ0n) is 41.6. The van der Waals surface area contributed by atoms with E-state index in [0.717, 1.165) is 4.90 Å². The molecule has 0 radical (unpaired) electrons. The summed E-state index contributed by atoms with van der Waals surface area (Å²) in [6, 6.07) is -4.76. The summed E-state index contributed by atoms with van der Waals surface area (Å²) in [5.74, 6) is -7.49. The number of fused-ring (bicyclic) bond motifs is 2. The standard InChI is InChI=1S/C46H73BrN10O12S/c1-10-13-34(58)51-30(19-21-70(9)67)40(61)55-37-26(6)69-45(66)36(24(3)4)54-41(62)32(23-27-15-17-33(68-8)28(47)22-27)56(7)44(65)38(25(5)11-2)57-35(59)18-16-31(43(57)64)53-39(60)29(52-42(37)63)14-12-20-50-46(48)49/h15,17,22,24-26,29-32,35-38,59H,10-14,16,18-21,23H2,1-9H3,(H,51,58)(H,52,63)(H,53,60)(H,54,62)(H,55,61)(H4,48,49,50)/t25-,26+,29-,30-,31-,32-,35+,36-,37+,38+,70+/m0/s1. The highest BCUT2D eigenvalue weighted by molar-refractivity contribution is 9.10. The lowest BCUT2D eigenvalue weighted by Gasteiger charge is -2.44. The van der Waals surface area contributed by atoms with Crippen molar-refractivity contribution in [3.8, 4) is 5.75 Å². The number of cyclic esters (lactones) is 1. The molecule has 0 aromatic heterocycles. The van der Waals surface area contributed by atoms with Gasteiger partial charge in [0.15, 0.2) is 5.96 Å². The van der Waals surface area contributed by atoms with Gasteiger partial charge in [0.1, 0.15) is 60.4 Å². The Morgan fingerprint density at radius 2 is 1.71 bits per heavy atom. The van der Waals surface area contributed by atoms with Crippen molar-refractivity contribution >= 4 is 80.0 Å². The summed E-state index contributed by atoms with van der Waals surface area (Å²) in [6.07, 6.45) is -0.976. The van der Waals surface area contributed by atoms with E-state index in [1.54, 1.807) is 52.8 Å². The first-order valence-electron chi connectivity index (χ1n) is 23.6. The quantitative estimate of drug-likeness (QED) is 0.0410. The van der Waals surface area contributed by atoms with Gasteiger partial charge < -0.3 is 62.4 Å². The van der Waals surface area contributed by atoms with E-state index in [4.69, 9.17) is 20.9 Å². The number of guanidine groups is 1. The maximum absolute atomic E-state index is 15.0. The van der Waals surface area contributed by atoms with Crippen LogP contribution in [-0.2, 0) is 60.3 Å². The van der Waals surface area contributed by atoms with Gasteiger partial charge in [-0.05, 0) is 90.9 Å². The number of ether oxygens (including phenoxy) is 2. The van der Waals surface area contributed by atoms with Crippen molar-refractivity contribution in [3.63, 3.8) is 0 Å². The topological polar surface area (TPSA) is 323 Å². The first kappa shape index (κ1) is 59.0. The number of aliphatic imine (C=N–C) groups is 1. The third kappa shape index (κ3) is 16.6. The number of carbonyl (C=O) groups excluding carboxylic acids is 8. The van der Waals surface area contributed by atoms with Crippen LogP contribution in [0.15, 0.2) is 27.7 Å². The number of aliphatic hydroxyl groups is 1. The van der Waals surface area contributed by atoms with Crippen molar-refractivity contribution in [1.29, 1.82) is 0 Å². The molecule has 3 rings (SSSR count). The number of nitrogens with zero attached hydrogens (tertiary/aromatic N) is 3. The van der Waals surface area contributed by atoms with Crippen LogP contribution in [-0.4, -0.2) is 160 Å². The molecule has 392 valence electrons. The molecule has 0 unspecified atom stereocenters. The molecule has 2 saturated heterocycles. The van der Waals surface area contributed by atoms with Gasteiger partial charge >= 0.3 is 5.97 Å². The van der Waals surface area contributed by atoms with Crippen molar-refractivity contribution in [2.45, 2.75) is 154 Å². The normalized spacial score (nSPS) is 25.4. The second-order valence-electron chi connectivity index (χ2n) is 18.1. The Balaban J connectivity index is 2.28. The van der Waals surface area contributed by atoms with E-state index in [1.165, 1.54) is 32.2 Å². The van der Waals surface area contributed by atoms with Gasteiger partial charge in [0, 0.05) is 49.2 Å². The molecule has 2 bridgehead atoms. The third-order valence-electron chi connectivity index (χ3n) is 12.4. The number of nitrogens with two attached hydrogens (primary N) is 2. The van der Waals surface area contributed by atoms with Gasteiger partial charge in [0.2, 0.25) is 41.4 Å². The number of methoxy groups -OCH3 is 1. The average molecular weight is 1070 g/mol. The number of esters is 1. The van der Waals surface area contributed by atoms with Gasteiger partial charge in [0.25, 0.3) is 0 Å². The molecule has 0 saturated carbocycles. The van der Waals surface area contributed by atoms with Gasteiger partial charge in [0.05, 0.1) is 11.6 Å². The molecule has 2 aliphatic heterocycles. The molecule has 24 heteroatoms. The largest absolute Gasteiger partial charge is 0.496 e. The van der Waals surface area contributed by atoms with Crippen LogP contribution in [0.2, 0.25) is 0 Å². The number of hydrogen-bond donors (Lipinski definition) is 8. The number of amides is 7. The zero-order valence-corrected chi connectivity index (χ0v) is 44.0. The summed E-state index contributed by atoms with van der Waals surface area (Å²) in [4.78, 5) is 121. The van der Waals surface area contributed by atoms with Crippen LogP contribution in [0.1, 0.15) is 98.5 Å². The number of benzene rings is 1. The summed E-state index contributed by atoms with van der Waals surface area (Å²) in [6.45, 7) is 9.90. The number of piperidine rings is 1. The lowest BCUT2D eigenvalue weighted by molar-refractivity contribution is -0.168. The fraction of sp³-hybridized carbons (Fsp3) is 0.674. The predicted octanol–water partition coefficient (Wildman–Crippen LogP) is -0.170. The van der Waals surface area contributed by atoms with E-state index in [0.29, 0.717) is 28.6 Å². The van der Waals surface area contributed by atoms with Crippen molar-refractivity contribution in [3.05, 3.63) is 28.2 Å². The van der Waals surface area contributed by atoms with E-state index in [9.17, 15) is 47.7 Å². The smallest absolute Gasteiger partial charge is 0.329 e. The lowest BCUT2D eigenvalue weighted by atomic mass is 9.91. The van der Waals surface area contributed by atoms with E-state index in [1.807, 2.05) is 0 Å². The summed E-state index contributed by atoms with van der Waals surface area (Å²) in [7, 11) is 1.49. The van der Waals surface area contributed by atoms with E-state index in [2.05, 4.69) is 47.5 Å². The average Bonchev–Trinajstić information content (AvgIpc) is 3.29. The van der Waals surface area contributed by atoms with Crippen LogP contribution in [0.5, 0.6) is 5.75 Å². The predicted molar refractivity (Wildman–Crippen MR) is 265 cm³/mol. The number of nitrogens with one attached hydrogen (secondary N) is 5. The van der Waals surface area contributed by atoms with E-state index >= 15 is 0 Å². The molecule has 10 N–H and O–H groups in total. The number of rotatable bonds is 18. The van der Waals surface area contributed by atoms with Crippen LogP contribution >= 0.6 is 15.9 Å². The molecule has 2 heterocycles. The maximum Gasteiger partial charge on any atom is 0.329 e. The minimum absolute atomic E-state index is 0.00364. The molecule has 11 atom stereocenters. The molecule has 0 spiro atoms. The third-order valence-corrected chi connectivity index (χ3v) is 13.8. The highest BCUT2D eigenvalue weighted by Crippen LogP contribution is 2.29. The fourth-order valence-electron chi connectivity index (χ4n) is 8.12.